The molecule has 0 aromatic heterocycles. The van der Waals surface area contributed by atoms with Crippen molar-refractivity contribution in [1.29, 1.82) is 0 Å². The van der Waals surface area contributed by atoms with E-state index >= 15 is 0 Å². The fourth-order valence-corrected chi connectivity index (χ4v) is 4.34. The summed E-state index contributed by atoms with van der Waals surface area (Å²) >= 11 is 0. The minimum Gasteiger partial charge on any atom is -0.620 e. The van der Waals surface area contributed by atoms with Gasteiger partial charge in [0, 0.05) is 11.1 Å². The first kappa shape index (κ1) is 29.7. The van der Waals surface area contributed by atoms with Gasteiger partial charge in [-0.25, -0.2) is 9.59 Å². The fourth-order valence-electron chi connectivity index (χ4n) is 3.05. The predicted octanol–water partition coefficient (Wildman–Crippen LogP) is 5.48. The Morgan fingerprint density at radius 1 is 0.935 bits per heavy atom. The van der Waals surface area contributed by atoms with Gasteiger partial charge in [0.05, 0.1) is 21.1 Å². The number of rotatable bonds is 17. The Labute approximate surface area is 191 Å². The molecule has 0 saturated carbocycles. The van der Waals surface area contributed by atoms with Gasteiger partial charge in [0.15, 0.2) is 14.3 Å². The number of nitrogens with zero attached hydrogens (tertiary/aromatic N) is 1. The van der Waals surface area contributed by atoms with Crippen LogP contribution in [0.15, 0.2) is 23.8 Å². The molecule has 31 heavy (non-hydrogen) atoms. The topological polar surface area (TPSA) is 66.4 Å². The highest BCUT2D eigenvalue weighted by atomic mass is 31.1. The van der Waals surface area contributed by atoms with Gasteiger partial charge in [-0.3, -0.25) is 0 Å². The van der Waals surface area contributed by atoms with Crippen LogP contribution in [0.3, 0.4) is 0 Å². The van der Waals surface area contributed by atoms with Crippen molar-refractivity contribution in [1.82, 2.24) is 0 Å². The Bertz CT molecular complexity index is 644. The normalized spacial score (nSPS) is 13.1. The highest BCUT2D eigenvalue weighted by molar-refractivity contribution is 7.69. The van der Waals surface area contributed by atoms with Gasteiger partial charge >= 0.3 is 17.0 Å². The van der Waals surface area contributed by atoms with E-state index in [0.717, 1.165) is 19.3 Å². The summed E-state index contributed by atoms with van der Waals surface area (Å²) in [5, 5.41) is 0. The molecule has 0 aliphatic carbocycles. The molecule has 0 heterocycles. The summed E-state index contributed by atoms with van der Waals surface area (Å²) in [6.45, 7) is 9.23. The predicted molar refractivity (Wildman–Crippen MR) is 131 cm³/mol. The summed E-state index contributed by atoms with van der Waals surface area (Å²) in [6, 6.07) is 0. The van der Waals surface area contributed by atoms with Crippen molar-refractivity contribution < 1.29 is 23.7 Å². The van der Waals surface area contributed by atoms with Crippen molar-refractivity contribution in [3.8, 4) is 0 Å². The van der Waals surface area contributed by atoms with Crippen molar-refractivity contribution in [2.24, 2.45) is 0 Å². The number of hydrogen-bond acceptors (Lipinski definition) is 4. The molecular formula is C25H45NO4P+. The molecule has 6 heteroatoms. The molecule has 0 spiro atoms. The first-order valence-electron chi connectivity index (χ1n) is 11.7. The van der Waals surface area contributed by atoms with E-state index in [1.165, 1.54) is 58.3 Å². The highest BCUT2D eigenvalue weighted by Crippen LogP contribution is 2.22. The average Bonchev–Trinajstić information content (AvgIpc) is 2.68. The number of unbranched alkanes of at least 4 members (excludes halogenated alkanes) is 10. The van der Waals surface area contributed by atoms with E-state index in [1.807, 2.05) is 27.2 Å². The number of ether oxygens (including phenoxy) is 1. The van der Waals surface area contributed by atoms with Gasteiger partial charge < -0.3 is 14.1 Å². The minimum atomic E-state index is -2.45. The van der Waals surface area contributed by atoms with Gasteiger partial charge in [0.1, 0.15) is 0 Å². The molecule has 0 aromatic rings. The van der Waals surface area contributed by atoms with E-state index in [-0.39, 0.29) is 17.6 Å². The molecule has 0 aliphatic heterocycles. The molecule has 5 nitrogen and oxygen atoms in total. The summed E-state index contributed by atoms with van der Waals surface area (Å²) in [5.74, 6) is -0.534. The third kappa shape index (κ3) is 15.2. The van der Waals surface area contributed by atoms with Crippen LogP contribution in [-0.4, -0.2) is 49.1 Å². The molecule has 0 N–H and O–H groups in total. The standard InChI is InChI=1S/C25H45NO4P/c1-8-9-10-11-12-13-14-15-16-17-18-19-22(4)24(27)30-23(20-26(5,6)7)31(29)25(28)21(2)3/h19H,2,8-18,20H2,1,3-7H3/q+1. The van der Waals surface area contributed by atoms with Gasteiger partial charge in [-0.2, -0.15) is 0 Å². The lowest BCUT2D eigenvalue weighted by Gasteiger charge is -2.23. The number of allylic oxidation sites excluding steroid dienone is 2. The average molecular weight is 455 g/mol. The second-order valence-corrected chi connectivity index (χ2v) is 11.0. The summed E-state index contributed by atoms with van der Waals surface area (Å²) in [7, 11) is 3.20. The maximum atomic E-state index is 12.6. The Hall–Kier alpha value is -1.29. The zero-order chi connectivity index (χ0) is 23.9. The Morgan fingerprint density at radius 2 is 1.42 bits per heavy atom. The number of likely N-dealkylation sites (N-methyl/N-ethyl adjacent to an activating group) is 1. The van der Waals surface area contributed by atoms with Crippen LogP contribution >= 0.6 is 7.77 Å². The van der Waals surface area contributed by atoms with Gasteiger partial charge in [0.2, 0.25) is 0 Å². The SMILES string of the molecule is C=C(C)C(=O)[P+]([O-])=C(C[N+](C)(C)C)OC(=O)C(C)=CCCCCCCCCCCCC. The molecule has 0 aromatic carbocycles. The maximum absolute atomic E-state index is 12.6. The Morgan fingerprint density at radius 3 is 1.87 bits per heavy atom. The van der Waals surface area contributed by atoms with Crippen molar-refractivity contribution in [2.45, 2.75) is 91.4 Å². The molecule has 0 bridgehead atoms. The smallest absolute Gasteiger partial charge is 0.348 e. The molecule has 1 atom stereocenters. The molecule has 0 aliphatic rings. The number of esters is 1. The van der Waals surface area contributed by atoms with E-state index in [2.05, 4.69) is 13.5 Å². The van der Waals surface area contributed by atoms with Gasteiger partial charge in [-0.1, -0.05) is 77.4 Å². The van der Waals surface area contributed by atoms with Crippen molar-refractivity contribution in [3.05, 3.63) is 23.8 Å². The van der Waals surface area contributed by atoms with E-state index < -0.39 is 19.3 Å². The second kappa shape index (κ2) is 16.4. The van der Waals surface area contributed by atoms with Crippen LogP contribution in [0.25, 0.3) is 0 Å². The van der Waals surface area contributed by atoms with E-state index in [1.54, 1.807) is 6.92 Å². The third-order valence-electron chi connectivity index (χ3n) is 4.93. The Balaban J connectivity index is 4.52. The molecule has 0 fully saturated rings. The summed E-state index contributed by atoms with van der Waals surface area (Å²) in [5.41, 5.74) is 0.135. The summed E-state index contributed by atoms with van der Waals surface area (Å²) in [4.78, 5) is 37.1. The zero-order valence-corrected chi connectivity index (χ0v) is 21.7. The van der Waals surface area contributed by atoms with Crippen LogP contribution in [0.4, 0.5) is 0 Å². The molecule has 0 rings (SSSR count). The second-order valence-electron chi connectivity index (χ2n) is 9.47. The lowest BCUT2D eigenvalue weighted by atomic mass is 10.1. The third-order valence-corrected chi connectivity index (χ3v) is 6.36. The minimum absolute atomic E-state index is 0.0205. The number of carbonyl (C=O) groups excluding carboxylic acids is 2. The molecule has 178 valence electrons. The van der Waals surface area contributed by atoms with E-state index in [4.69, 9.17) is 4.74 Å². The first-order chi connectivity index (χ1) is 14.5. The Kier molecular flexibility index (Phi) is 15.7. The van der Waals surface area contributed by atoms with Crippen LogP contribution in [0.5, 0.6) is 0 Å². The van der Waals surface area contributed by atoms with Crippen molar-refractivity contribution in [2.75, 3.05) is 27.7 Å². The highest BCUT2D eigenvalue weighted by Gasteiger charge is 2.29. The lowest BCUT2D eigenvalue weighted by molar-refractivity contribution is -0.861. The molecule has 1 unspecified atom stereocenters. The quantitative estimate of drug-likeness (QED) is 0.0959. The van der Waals surface area contributed by atoms with Crippen LogP contribution in [0, 0.1) is 0 Å². The van der Waals surface area contributed by atoms with E-state index in [9.17, 15) is 14.5 Å². The molecular weight excluding hydrogens is 409 g/mol. The van der Waals surface area contributed by atoms with Crippen LogP contribution in [0.2, 0.25) is 0 Å². The van der Waals surface area contributed by atoms with Gasteiger partial charge in [-0.15, -0.1) is 0 Å². The van der Waals surface area contributed by atoms with Crippen LogP contribution in [-0.2, 0) is 14.3 Å². The summed E-state index contributed by atoms with van der Waals surface area (Å²) < 4.78 is 5.82. The first-order valence-corrected chi connectivity index (χ1v) is 13.0. The monoisotopic (exact) mass is 454 g/mol. The van der Waals surface area contributed by atoms with Crippen LogP contribution in [0.1, 0.15) is 91.4 Å². The zero-order valence-electron chi connectivity index (χ0n) is 20.8. The summed E-state index contributed by atoms with van der Waals surface area (Å²) in [6.07, 6.45) is 15.4. The molecule has 0 amide bonds. The van der Waals surface area contributed by atoms with Gasteiger partial charge in [-0.05, 0) is 26.7 Å². The van der Waals surface area contributed by atoms with Gasteiger partial charge in [0.25, 0.3) is 0 Å². The van der Waals surface area contributed by atoms with Crippen molar-refractivity contribution >= 4 is 24.7 Å². The molecule has 0 saturated heterocycles. The van der Waals surface area contributed by atoms with E-state index in [0.29, 0.717) is 10.1 Å². The lowest BCUT2D eigenvalue weighted by Crippen LogP contribution is -2.41. The maximum Gasteiger partial charge on any atom is 0.348 e. The largest absolute Gasteiger partial charge is 0.620 e. The van der Waals surface area contributed by atoms with Crippen molar-refractivity contribution in [3.63, 3.8) is 0 Å². The number of hydrogen-bond donors (Lipinski definition) is 0. The van der Waals surface area contributed by atoms with Crippen LogP contribution < -0.4 is 4.89 Å². The number of quaternary nitrogens is 1. The fraction of sp³-hybridized carbons (Fsp3) is 0.720. The number of carbonyl (C=O) groups is 2. The molecule has 0 radical (unpaired) electrons.